The minimum Gasteiger partial charge on any atom is -0.494 e. The van der Waals surface area contributed by atoms with Crippen LogP contribution in [0.4, 0.5) is 0 Å². The van der Waals surface area contributed by atoms with Crippen molar-refractivity contribution >= 4 is 0 Å². The van der Waals surface area contributed by atoms with Crippen LogP contribution in [0.1, 0.15) is 37.8 Å². The lowest BCUT2D eigenvalue weighted by Crippen LogP contribution is -2.28. The van der Waals surface area contributed by atoms with E-state index in [-0.39, 0.29) is 35.3 Å². The quantitative estimate of drug-likeness (QED) is 0.637. The molecule has 0 amide bonds. The molecular weight excluding hydrogens is 242 g/mol. The van der Waals surface area contributed by atoms with Gasteiger partial charge < -0.3 is 14.9 Å². The van der Waals surface area contributed by atoms with E-state index in [1.54, 1.807) is 6.08 Å². The van der Waals surface area contributed by atoms with Crippen molar-refractivity contribution in [1.82, 2.24) is 4.57 Å². The van der Waals surface area contributed by atoms with Gasteiger partial charge >= 0.3 is 0 Å². The molecular formula is C15H21NO3. The molecule has 3 unspecified atom stereocenters. The molecule has 3 rings (SSSR count). The fourth-order valence-electron chi connectivity index (χ4n) is 3.40. The summed E-state index contributed by atoms with van der Waals surface area (Å²) in [5.41, 5.74) is 1.70. The molecule has 1 fully saturated rings. The van der Waals surface area contributed by atoms with Crippen LogP contribution in [0.5, 0.6) is 11.8 Å². The van der Waals surface area contributed by atoms with Gasteiger partial charge in [-0.25, -0.2) is 0 Å². The summed E-state index contributed by atoms with van der Waals surface area (Å²) in [6.07, 6.45) is 2.74. The lowest BCUT2D eigenvalue weighted by molar-refractivity contribution is 0.246. The van der Waals surface area contributed by atoms with Gasteiger partial charge in [0.15, 0.2) is 11.8 Å². The highest BCUT2D eigenvalue weighted by Gasteiger charge is 2.56. The second-order valence-electron chi connectivity index (χ2n) is 6.63. The summed E-state index contributed by atoms with van der Waals surface area (Å²) in [6, 6.07) is 0. The van der Waals surface area contributed by atoms with Gasteiger partial charge in [-0.1, -0.05) is 26.8 Å². The Kier molecular flexibility index (Phi) is 2.52. The van der Waals surface area contributed by atoms with Crippen molar-refractivity contribution in [2.24, 2.45) is 5.41 Å². The summed E-state index contributed by atoms with van der Waals surface area (Å²) in [5.74, 6) is 0.454. The number of fused-ring (bicyclic) bond motifs is 2. The van der Waals surface area contributed by atoms with Gasteiger partial charge in [-0.3, -0.25) is 4.57 Å². The van der Waals surface area contributed by atoms with Crippen molar-refractivity contribution in [1.29, 1.82) is 0 Å². The summed E-state index contributed by atoms with van der Waals surface area (Å²) in [4.78, 5) is 0. The zero-order valence-electron chi connectivity index (χ0n) is 11.7. The monoisotopic (exact) mass is 263 g/mol. The first kappa shape index (κ1) is 12.6. The molecule has 19 heavy (non-hydrogen) atoms. The van der Waals surface area contributed by atoms with Crippen molar-refractivity contribution in [3.05, 3.63) is 23.8 Å². The first-order chi connectivity index (χ1) is 8.86. The van der Waals surface area contributed by atoms with Crippen LogP contribution >= 0.6 is 0 Å². The lowest BCUT2D eigenvalue weighted by atomic mass is 9.70. The molecule has 2 heterocycles. The predicted octanol–water partition coefficient (Wildman–Crippen LogP) is 2.54. The SMILES string of the molecule is C=CCn1c(O)c2c(c1O)C(C(C)(C)C)C1OC1C2. The Balaban J connectivity index is 2.16. The van der Waals surface area contributed by atoms with Gasteiger partial charge in [0.2, 0.25) is 0 Å². The highest BCUT2D eigenvalue weighted by molar-refractivity contribution is 5.52. The van der Waals surface area contributed by atoms with Crippen LogP contribution in [0.2, 0.25) is 0 Å². The number of hydrogen-bond acceptors (Lipinski definition) is 3. The van der Waals surface area contributed by atoms with Crippen LogP contribution in [-0.4, -0.2) is 27.0 Å². The van der Waals surface area contributed by atoms with E-state index in [9.17, 15) is 10.2 Å². The maximum atomic E-state index is 10.5. The summed E-state index contributed by atoms with van der Waals surface area (Å²) >= 11 is 0. The zero-order chi connectivity index (χ0) is 13.9. The molecule has 4 heteroatoms. The second-order valence-corrected chi connectivity index (χ2v) is 6.63. The molecule has 3 atom stereocenters. The van der Waals surface area contributed by atoms with Gasteiger partial charge in [-0.2, -0.15) is 0 Å². The van der Waals surface area contributed by atoms with E-state index in [2.05, 4.69) is 27.4 Å². The molecule has 1 aliphatic carbocycles. The Morgan fingerprint density at radius 3 is 2.63 bits per heavy atom. The van der Waals surface area contributed by atoms with Gasteiger partial charge in [0, 0.05) is 30.0 Å². The van der Waals surface area contributed by atoms with Gasteiger partial charge in [0.25, 0.3) is 0 Å². The minimum atomic E-state index is -0.0150. The van der Waals surface area contributed by atoms with Crippen molar-refractivity contribution in [3.63, 3.8) is 0 Å². The van der Waals surface area contributed by atoms with Crippen LogP contribution in [0.3, 0.4) is 0 Å². The summed E-state index contributed by atoms with van der Waals surface area (Å²) in [7, 11) is 0. The molecule has 2 aliphatic rings. The molecule has 0 spiro atoms. The minimum absolute atomic E-state index is 0.0150. The topological polar surface area (TPSA) is 57.9 Å². The van der Waals surface area contributed by atoms with Crippen LogP contribution in [0.25, 0.3) is 0 Å². The van der Waals surface area contributed by atoms with Crippen LogP contribution < -0.4 is 0 Å². The molecule has 104 valence electrons. The highest BCUT2D eigenvalue weighted by Crippen LogP contribution is 2.57. The standard InChI is InChI=1S/C15H21NO3/c1-5-6-16-13(17)8-7-9-12(19-9)11(15(2,3)4)10(8)14(16)18/h5,9,11-12,17-18H,1,6-7H2,2-4H3. The third kappa shape index (κ3) is 1.70. The molecule has 1 aromatic rings. The predicted molar refractivity (Wildman–Crippen MR) is 72.5 cm³/mol. The van der Waals surface area contributed by atoms with E-state index >= 15 is 0 Å². The molecule has 2 N–H and O–H groups in total. The van der Waals surface area contributed by atoms with Crippen LogP contribution in [0, 0.1) is 5.41 Å². The molecule has 1 saturated heterocycles. The third-order valence-electron chi connectivity index (χ3n) is 4.26. The second kappa shape index (κ2) is 3.79. The Morgan fingerprint density at radius 2 is 2.05 bits per heavy atom. The summed E-state index contributed by atoms with van der Waals surface area (Å²) in [6.45, 7) is 10.5. The normalized spacial score (nSPS) is 28.7. The maximum Gasteiger partial charge on any atom is 0.198 e. The average Bonchev–Trinajstić information content (AvgIpc) is 3.04. The van der Waals surface area contributed by atoms with E-state index in [1.165, 1.54) is 4.57 Å². The molecule has 0 radical (unpaired) electrons. The highest BCUT2D eigenvalue weighted by atomic mass is 16.6. The first-order valence-corrected chi connectivity index (χ1v) is 6.75. The van der Waals surface area contributed by atoms with Gasteiger partial charge in [0.05, 0.1) is 12.2 Å². The Bertz CT molecular complexity index is 539. The number of aromatic hydroxyl groups is 2. The van der Waals surface area contributed by atoms with Crippen LogP contribution in [0.15, 0.2) is 12.7 Å². The number of aromatic nitrogens is 1. The fourth-order valence-corrected chi connectivity index (χ4v) is 3.40. The number of rotatable bonds is 2. The van der Waals surface area contributed by atoms with E-state index in [0.717, 1.165) is 11.1 Å². The van der Waals surface area contributed by atoms with E-state index < -0.39 is 0 Å². The fraction of sp³-hybridized carbons (Fsp3) is 0.600. The first-order valence-electron chi connectivity index (χ1n) is 6.75. The number of nitrogens with zero attached hydrogens (tertiary/aromatic N) is 1. The smallest absolute Gasteiger partial charge is 0.198 e. The largest absolute Gasteiger partial charge is 0.494 e. The van der Waals surface area contributed by atoms with Gasteiger partial charge in [-0.15, -0.1) is 6.58 Å². The number of hydrogen-bond donors (Lipinski definition) is 2. The average molecular weight is 263 g/mol. The van der Waals surface area contributed by atoms with E-state index in [4.69, 9.17) is 4.74 Å². The van der Waals surface area contributed by atoms with Gasteiger partial charge in [0.1, 0.15) is 0 Å². The third-order valence-corrected chi connectivity index (χ3v) is 4.26. The molecule has 1 aromatic heterocycles. The zero-order valence-corrected chi connectivity index (χ0v) is 11.7. The van der Waals surface area contributed by atoms with Crippen molar-refractivity contribution < 1.29 is 14.9 Å². The van der Waals surface area contributed by atoms with E-state index in [0.29, 0.717) is 13.0 Å². The Hall–Kier alpha value is -1.42. The Labute approximate surface area is 113 Å². The number of allylic oxidation sites excluding steroid dienone is 1. The maximum absolute atomic E-state index is 10.5. The van der Waals surface area contributed by atoms with E-state index in [1.807, 2.05) is 0 Å². The number of epoxide rings is 1. The molecule has 1 aliphatic heterocycles. The molecule has 4 nitrogen and oxygen atoms in total. The molecule has 0 bridgehead atoms. The summed E-state index contributed by atoms with van der Waals surface area (Å²) in [5, 5.41) is 20.8. The summed E-state index contributed by atoms with van der Waals surface area (Å²) < 4.78 is 7.24. The van der Waals surface area contributed by atoms with Crippen molar-refractivity contribution in [2.45, 2.75) is 51.9 Å². The Morgan fingerprint density at radius 1 is 1.37 bits per heavy atom. The molecule has 0 saturated carbocycles. The van der Waals surface area contributed by atoms with Crippen molar-refractivity contribution in [3.8, 4) is 11.8 Å². The molecule has 0 aromatic carbocycles. The van der Waals surface area contributed by atoms with Crippen molar-refractivity contribution in [2.75, 3.05) is 0 Å². The lowest BCUT2D eigenvalue weighted by Gasteiger charge is -2.32. The van der Waals surface area contributed by atoms with Gasteiger partial charge in [-0.05, 0) is 5.41 Å². The van der Waals surface area contributed by atoms with Crippen LogP contribution in [-0.2, 0) is 17.7 Å². The number of ether oxygens (including phenoxy) is 1.